The Balaban J connectivity index is 2.65. The number of methoxy groups -OCH3 is 1. The quantitative estimate of drug-likeness (QED) is 0.823. The number of nitrogens with zero attached hydrogens (tertiary/aromatic N) is 1. The van der Waals surface area contributed by atoms with E-state index in [0.717, 1.165) is 5.56 Å². The second-order valence-corrected chi connectivity index (χ2v) is 3.92. The van der Waals surface area contributed by atoms with Crippen LogP contribution in [-0.4, -0.2) is 23.2 Å². The van der Waals surface area contributed by atoms with Crippen LogP contribution in [-0.2, 0) is 4.74 Å². The maximum absolute atomic E-state index is 11.7. The highest BCUT2D eigenvalue weighted by molar-refractivity contribution is 5.98. The van der Waals surface area contributed by atoms with Crippen LogP contribution in [0, 0.1) is 6.92 Å². The summed E-state index contributed by atoms with van der Waals surface area (Å²) in [7, 11) is 1.31. The first-order valence-electron chi connectivity index (χ1n) is 5.46. The van der Waals surface area contributed by atoms with Gasteiger partial charge in [-0.05, 0) is 36.2 Å². The van der Waals surface area contributed by atoms with Crippen LogP contribution >= 0.6 is 0 Å². The van der Waals surface area contributed by atoms with Gasteiger partial charge in [-0.25, -0.2) is 4.79 Å². The van der Waals surface area contributed by atoms with Crippen molar-refractivity contribution in [1.29, 1.82) is 0 Å². The van der Waals surface area contributed by atoms with E-state index in [1.165, 1.54) is 13.2 Å². The number of carbonyl (C=O) groups is 1. The molecule has 92 valence electrons. The van der Waals surface area contributed by atoms with Gasteiger partial charge in [-0.1, -0.05) is 6.07 Å². The molecule has 2 rings (SSSR count). The number of hydrogen-bond acceptors (Lipinski definition) is 4. The van der Waals surface area contributed by atoms with Crippen LogP contribution in [0.2, 0.25) is 0 Å². The molecule has 0 saturated heterocycles. The third-order valence-corrected chi connectivity index (χ3v) is 2.71. The van der Waals surface area contributed by atoms with Gasteiger partial charge in [0, 0.05) is 18.0 Å². The second-order valence-electron chi connectivity index (χ2n) is 3.92. The second kappa shape index (κ2) is 4.87. The summed E-state index contributed by atoms with van der Waals surface area (Å²) in [6, 6.07) is 6.81. The zero-order valence-corrected chi connectivity index (χ0v) is 10.2. The molecule has 0 amide bonds. The fraction of sp³-hybridized carbons (Fsp3) is 0.143. The Labute approximate surface area is 105 Å². The molecule has 0 unspecified atom stereocenters. The lowest BCUT2D eigenvalue weighted by Gasteiger charge is -2.10. The number of benzene rings is 1. The van der Waals surface area contributed by atoms with Crippen LogP contribution in [0.4, 0.5) is 0 Å². The minimum Gasteiger partial charge on any atom is -0.508 e. The number of phenolic OH excluding ortho intramolecular Hbond substituents is 1. The highest BCUT2D eigenvalue weighted by Gasteiger charge is 2.15. The molecule has 1 heterocycles. The molecule has 0 radical (unpaired) electrons. The number of aromatic nitrogens is 1. The van der Waals surface area contributed by atoms with E-state index in [0.29, 0.717) is 16.7 Å². The largest absolute Gasteiger partial charge is 0.508 e. The zero-order chi connectivity index (χ0) is 13.1. The number of pyridine rings is 1. The maximum atomic E-state index is 11.7. The summed E-state index contributed by atoms with van der Waals surface area (Å²) in [4.78, 5) is 15.7. The molecule has 18 heavy (non-hydrogen) atoms. The van der Waals surface area contributed by atoms with Crippen LogP contribution in [0.3, 0.4) is 0 Å². The van der Waals surface area contributed by atoms with E-state index in [2.05, 4.69) is 4.98 Å². The molecular weight excluding hydrogens is 230 g/mol. The molecule has 0 bridgehead atoms. The van der Waals surface area contributed by atoms with Crippen LogP contribution in [0.1, 0.15) is 15.9 Å². The first kappa shape index (κ1) is 12.1. The molecule has 0 spiro atoms. The van der Waals surface area contributed by atoms with Gasteiger partial charge in [-0.15, -0.1) is 0 Å². The van der Waals surface area contributed by atoms with Crippen LogP contribution in [0.25, 0.3) is 11.1 Å². The minimum atomic E-state index is -0.482. The van der Waals surface area contributed by atoms with Crippen molar-refractivity contribution in [2.24, 2.45) is 0 Å². The molecule has 1 aromatic heterocycles. The number of aromatic hydroxyl groups is 1. The average molecular weight is 243 g/mol. The molecule has 1 aromatic carbocycles. The van der Waals surface area contributed by atoms with E-state index in [1.54, 1.807) is 31.5 Å². The van der Waals surface area contributed by atoms with Gasteiger partial charge in [0.1, 0.15) is 5.75 Å². The van der Waals surface area contributed by atoms with Crippen molar-refractivity contribution < 1.29 is 14.6 Å². The van der Waals surface area contributed by atoms with Crippen molar-refractivity contribution in [2.75, 3.05) is 7.11 Å². The Bertz CT molecular complexity index is 579. The van der Waals surface area contributed by atoms with Gasteiger partial charge in [0.15, 0.2) is 0 Å². The summed E-state index contributed by atoms with van der Waals surface area (Å²) in [6.45, 7) is 1.77. The lowest BCUT2D eigenvalue weighted by atomic mass is 9.98. The molecule has 1 N–H and O–H groups in total. The number of esters is 1. The van der Waals surface area contributed by atoms with Crippen molar-refractivity contribution in [3.05, 3.63) is 47.8 Å². The maximum Gasteiger partial charge on any atom is 0.338 e. The number of phenols is 1. The summed E-state index contributed by atoms with van der Waals surface area (Å²) < 4.78 is 4.72. The van der Waals surface area contributed by atoms with Gasteiger partial charge in [0.2, 0.25) is 0 Å². The fourth-order valence-electron chi connectivity index (χ4n) is 1.74. The van der Waals surface area contributed by atoms with Crippen molar-refractivity contribution >= 4 is 5.97 Å². The SMILES string of the molecule is COC(=O)c1cc(O)c(C)cc1-c1cccnc1. The Morgan fingerprint density at radius 1 is 1.39 bits per heavy atom. The van der Waals surface area contributed by atoms with Gasteiger partial charge < -0.3 is 9.84 Å². The Hall–Kier alpha value is -2.36. The fourth-order valence-corrected chi connectivity index (χ4v) is 1.74. The van der Waals surface area contributed by atoms with Gasteiger partial charge >= 0.3 is 5.97 Å². The Morgan fingerprint density at radius 3 is 2.78 bits per heavy atom. The first-order chi connectivity index (χ1) is 8.63. The molecular formula is C14H13NO3. The van der Waals surface area contributed by atoms with Crippen molar-refractivity contribution in [1.82, 2.24) is 4.98 Å². The van der Waals surface area contributed by atoms with E-state index >= 15 is 0 Å². The van der Waals surface area contributed by atoms with Crippen molar-refractivity contribution in [2.45, 2.75) is 6.92 Å². The number of rotatable bonds is 2. The summed E-state index contributed by atoms with van der Waals surface area (Å²) in [5.41, 5.74) is 2.53. The highest BCUT2D eigenvalue weighted by Crippen LogP contribution is 2.29. The summed E-state index contributed by atoms with van der Waals surface area (Å²) >= 11 is 0. The molecule has 0 atom stereocenters. The zero-order valence-electron chi connectivity index (χ0n) is 10.2. The van der Waals surface area contributed by atoms with Crippen molar-refractivity contribution in [3.8, 4) is 16.9 Å². The molecule has 0 aliphatic carbocycles. The van der Waals surface area contributed by atoms with E-state index in [9.17, 15) is 9.90 Å². The Morgan fingerprint density at radius 2 is 2.17 bits per heavy atom. The van der Waals surface area contributed by atoms with Crippen LogP contribution in [0.15, 0.2) is 36.7 Å². The third-order valence-electron chi connectivity index (χ3n) is 2.71. The minimum absolute atomic E-state index is 0.0723. The van der Waals surface area contributed by atoms with Crippen LogP contribution in [0.5, 0.6) is 5.75 Å². The van der Waals surface area contributed by atoms with E-state index < -0.39 is 5.97 Å². The van der Waals surface area contributed by atoms with E-state index in [4.69, 9.17) is 4.74 Å². The molecule has 4 nitrogen and oxygen atoms in total. The van der Waals surface area contributed by atoms with Crippen molar-refractivity contribution in [3.63, 3.8) is 0 Å². The monoisotopic (exact) mass is 243 g/mol. The molecule has 4 heteroatoms. The van der Waals surface area contributed by atoms with E-state index in [-0.39, 0.29) is 5.75 Å². The number of ether oxygens (including phenoxy) is 1. The standard InChI is InChI=1S/C14H13NO3/c1-9-6-11(10-4-3-5-15-8-10)12(7-13(9)16)14(17)18-2/h3-8,16H,1-2H3. The van der Waals surface area contributed by atoms with Gasteiger partial charge in [0.25, 0.3) is 0 Å². The molecule has 0 aliphatic heterocycles. The smallest absolute Gasteiger partial charge is 0.338 e. The average Bonchev–Trinajstić information content (AvgIpc) is 2.41. The highest BCUT2D eigenvalue weighted by atomic mass is 16.5. The molecule has 0 saturated carbocycles. The molecule has 0 aliphatic rings. The predicted molar refractivity (Wildman–Crippen MR) is 67.4 cm³/mol. The lowest BCUT2D eigenvalue weighted by molar-refractivity contribution is 0.0601. The number of aryl methyl sites for hydroxylation is 1. The number of hydrogen-bond donors (Lipinski definition) is 1. The number of carbonyl (C=O) groups excluding carboxylic acids is 1. The summed E-state index contributed by atoms with van der Waals surface area (Å²) in [5.74, 6) is -0.410. The van der Waals surface area contributed by atoms with Crippen LogP contribution < -0.4 is 0 Å². The van der Waals surface area contributed by atoms with Gasteiger partial charge in [-0.2, -0.15) is 0 Å². The van der Waals surface area contributed by atoms with E-state index in [1.807, 2.05) is 6.07 Å². The normalized spacial score (nSPS) is 10.1. The molecule has 0 fully saturated rings. The first-order valence-corrected chi connectivity index (χ1v) is 5.46. The summed E-state index contributed by atoms with van der Waals surface area (Å²) in [6.07, 6.45) is 3.33. The topological polar surface area (TPSA) is 59.4 Å². The predicted octanol–water partition coefficient (Wildman–Crippen LogP) is 2.55. The van der Waals surface area contributed by atoms with Gasteiger partial charge in [0.05, 0.1) is 12.7 Å². The third kappa shape index (κ3) is 2.18. The lowest BCUT2D eigenvalue weighted by Crippen LogP contribution is -2.04. The summed E-state index contributed by atoms with van der Waals surface area (Å²) in [5, 5.41) is 9.69. The Kier molecular flexibility index (Phi) is 3.28. The van der Waals surface area contributed by atoms with Gasteiger partial charge in [-0.3, -0.25) is 4.98 Å². The molecule has 2 aromatic rings.